The summed E-state index contributed by atoms with van der Waals surface area (Å²) in [6.07, 6.45) is 0.996. The van der Waals surface area contributed by atoms with Crippen molar-refractivity contribution in [3.05, 3.63) is 56.1 Å². The molecule has 0 spiro atoms. The molecule has 0 radical (unpaired) electrons. The zero-order chi connectivity index (χ0) is 19.4. The Hall–Kier alpha value is -2.90. The molecular weight excluding hydrogens is 353 g/mol. The standard InChI is InChI=1S/C19H22FN3O4/c1-2-27-19(26)23-9-7-14(8-10-23)22-16-15(17(24)18(16)25)21-11-12-3-5-13(20)6-4-12/h3-6,14,21-22H,2,7-11H2,1H3. The summed E-state index contributed by atoms with van der Waals surface area (Å²) in [6, 6.07) is 5.92. The van der Waals surface area contributed by atoms with Gasteiger partial charge >= 0.3 is 6.09 Å². The minimum absolute atomic E-state index is 0.00495. The predicted octanol–water partition coefficient (Wildman–Crippen LogP) is 2.07. The Labute approximate surface area is 155 Å². The minimum atomic E-state index is -0.552. The van der Waals surface area contributed by atoms with Crippen molar-refractivity contribution in [2.24, 2.45) is 0 Å². The van der Waals surface area contributed by atoms with Gasteiger partial charge in [-0.25, -0.2) is 9.18 Å². The van der Waals surface area contributed by atoms with E-state index in [4.69, 9.17) is 4.74 Å². The summed E-state index contributed by atoms with van der Waals surface area (Å²) in [7, 11) is 0. The largest absolute Gasteiger partial charge is 0.450 e. The monoisotopic (exact) mass is 375 g/mol. The van der Waals surface area contributed by atoms with Gasteiger partial charge in [0.05, 0.1) is 6.61 Å². The molecule has 0 aliphatic carbocycles. The maximum Gasteiger partial charge on any atom is 0.409 e. The third kappa shape index (κ3) is 4.27. The number of ether oxygens (including phenoxy) is 1. The molecule has 2 aromatic rings. The quantitative estimate of drug-likeness (QED) is 0.752. The molecule has 0 bridgehead atoms. The van der Waals surface area contributed by atoms with Crippen molar-refractivity contribution in [3.63, 3.8) is 0 Å². The maximum atomic E-state index is 12.9. The summed E-state index contributed by atoms with van der Waals surface area (Å²) in [6.45, 7) is 3.48. The Morgan fingerprint density at radius 3 is 2.41 bits per heavy atom. The number of nitrogens with zero attached hydrogens (tertiary/aromatic N) is 1. The van der Waals surface area contributed by atoms with Gasteiger partial charge < -0.3 is 20.3 Å². The lowest BCUT2D eigenvalue weighted by Gasteiger charge is -2.32. The minimum Gasteiger partial charge on any atom is -0.450 e. The molecule has 0 aromatic heterocycles. The highest BCUT2D eigenvalue weighted by molar-refractivity contribution is 5.74. The highest BCUT2D eigenvalue weighted by Crippen LogP contribution is 2.21. The molecular formula is C19H22FN3O4. The number of carbonyl (C=O) groups is 1. The molecule has 7 nitrogen and oxygen atoms in total. The first-order valence-electron chi connectivity index (χ1n) is 8.99. The molecule has 0 atom stereocenters. The zero-order valence-corrected chi connectivity index (χ0v) is 15.1. The number of amides is 1. The average Bonchev–Trinajstić information content (AvgIpc) is 2.69. The number of rotatable bonds is 6. The second-order valence-corrected chi connectivity index (χ2v) is 6.49. The van der Waals surface area contributed by atoms with E-state index < -0.39 is 10.9 Å². The van der Waals surface area contributed by atoms with Gasteiger partial charge in [-0.05, 0) is 37.5 Å². The first kappa shape index (κ1) is 18.9. The summed E-state index contributed by atoms with van der Waals surface area (Å²) in [5, 5.41) is 6.09. The van der Waals surface area contributed by atoms with Crippen LogP contribution < -0.4 is 21.5 Å². The van der Waals surface area contributed by atoms with Crippen LogP contribution in [-0.4, -0.2) is 36.7 Å². The summed E-state index contributed by atoms with van der Waals surface area (Å²) in [4.78, 5) is 37.1. The number of likely N-dealkylation sites (tertiary alicyclic amines) is 1. The summed E-state index contributed by atoms with van der Waals surface area (Å²) < 4.78 is 17.9. The third-order valence-corrected chi connectivity index (χ3v) is 4.66. The number of nitrogens with one attached hydrogen (secondary N) is 2. The van der Waals surface area contributed by atoms with Crippen LogP contribution >= 0.6 is 0 Å². The van der Waals surface area contributed by atoms with Crippen LogP contribution in [-0.2, 0) is 11.3 Å². The lowest BCUT2D eigenvalue weighted by Crippen LogP contribution is -2.45. The highest BCUT2D eigenvalue weighted by atomic mass is 19.1. The first-order chi connectivity index (χ1) is 13.0. The molecule has 144 valence electrons. The van der Waals surface area contributed by atoms with E-state index in [9.17, 15) is 18.8 Å². The smallest absolute Gasteiger partial charge is 0.409 e. The van der Waals surface area contributed by atoms with Gasteiger partial charge in [-0.15, -0.1) is 0 Å². The van der Waals surface area contributed by atoms with Crippen molar-refractivity contribution >= 4 is 17.5 Å². The molecule has 1 aliphatic rings. The van der Waals surface area contributed by atoms with Gasteiger partial charge in [-0.1, -0.05) is 12.1 Å². The Morgan fingerprint density at radius 1 is 1.15 bits per heavy atom. The number of benzene rings is 1. The van der Waals surface area contributed by atoms with Crippen molar-refractivity contribution in [2.75, 3.05) is 30.3 Å². The zero-order valence-electron chi connectivity index (χ0n) is 15.1. The van der Waals surface area contributed by atoms with E-state index in [0.29, 0.717) is 39.1 Å². The molecule has 0 unspecified atom stereocenters. The molecule has 2 aromatic carbocycles. The Bertz CT molecular complexity index is 866. The lowest BCUT2D eigenvalue weighted by atomic mass is 10.0. The van der Waals surface area contributed by atoms with E-state index in [1.54, 1.807) is 24.0 Å². The second kappa shape index (κ2) is 8.20. The Kier molecular flexibility index (Phi) is 5.73. The molecule has 1 amide bonds. The van der Waals surface area contributed by atoms with Crippen molar-refractivity contribution in [1.82, 2.24) is 4.90 Å². The van der Waals surface area contributed by atoms with E-state index in [1.807, 2.05) is 0 Å². The van der Waals surface area contributed by atoms with Crippen LogP contribution in [0.25, 0.3) is 0 Å². The van der Waals surface area contributed by atoms with Crippen LogP contribution in [0.15, 0.2) is 33.9 Å². The van der Waals surface area contributed by atoms with Crippen LogP contribution in [0.3, 0.4) is 0 Å². The third-order valence-electron chi connectivity index (χ3n) is 4.66. The SMILES string of the molecule is CCOC(=O)N1CCC(Nc2c(NCc3ccc(F)cc3)c(=O)c2=O)CC1. The molecule has 0 saturated carbocycles. The van der Waals surface area contributed by atoms with Crippen LogP contribution in [0.2, 0.25) is 0 Å². The van der Waals surface area contributed by atoms with E-state index in [-0.39, 0.29) is 29.3 Å². The van der Waals surface area contributed by atoms with Crippen molar-refractivity contribution in [3.8, 4) is 0 Å². The van der Waals surface area contributed by atoms with Crippen molar-refractivity contribution in [2.45, 2.75) is 32.4 Å². The summed E-state index contributed by atoms with van der Waals surface area (Å²) >= 11 is 0. The van der Waals surface area contributed by atoms with Crippen LogP contribution in [0.4, 0.5) is 20.6 Å². The topological polar surface area (TPSA) is 87.7 Å². The predicted molar refractivity (Wildman–Crippen MR) is 100 cm³/mol. The molecule has 1 aliphatic heterocycles. The van der Waals surface area contributed by atoms with Gasteiger partial charge in [-0.3, -0.25) is 9.59 Å². The van der Waals surface area contributed by atoms with Gasteiger partial charge in [0, 0.05) is 25.7 Å². The van der Waals surface area contributed by atoms with Gasteiger partial charge in [0.15, 0.2) is 0 Å². The number of piperidine rings is 1. The van der Waals surface area contributed by atoms with E-state index in [1.165, 1.54) is 12.1 Å². The molecule has 2 N–H and O–H groups in total. The Balaban J connectivity index is 1.56. The maximum absolute atomic E-state index is 12.9. The highest BCUT2D eigenvalue weighted by Gasteiger charge is 2.27. The van der Waals surface area contributed by atoms with Crippen molar-refractivity contribution in [1.29, 1.82) is 0 Å². The first-order valence-corrected chi connectivity index (χ1v) is 8.99. The van der Waals surface area contributed by atoms with Crippen LogP contribution in [0, 0.1) is 5.82 Å². The van der Waals surface area contributed by atoms with Crippen LogP contribution in [0.5, 0.6) is 0 Å². The van der Waals surface area contributed by atoms with Gasteiger partial charge in [0.25, 0.3) is 10.9 Å². The van der Waals surface area contributed by atoms with Gasteiger partial charge in [0.1, 0.15) is 17.2 Å². The molecule has 8 heteroatoms. The number of hydrogen-bond acceptors (Lipinski definition) is 6. The van der Waals surface area contributed by atoms with Gasteiger partial charge in [-0.2, -0.15) is 0 Å². The van der Waals surface area contributed by atoms with E-state index in [2.05, 4.69) is 10.6 Å². The molecule has 3 rings (SSSR count). The normalized spacial score (nSPS) is 15.0. The average molecular weight is 375 g/mol. The fraction of sp³-hybridized carbons (Fsp3) is 0.421. The van der Waals surface area contributed by atoms with Crippen molar-refractivity contribution < 1.29 is 13.9 Å². The lowest BCUT2D eigenvalue weighted by molar-refractivity contribution is 0.0983. The molecule has 1 heterocycles. The van der Waals surface area contributed by atoms with E-state index in [0.717, 1.165) is 5.56 Å². The number of hydrogen-bond donors (Lipinski definition) is 2. The molecule has 1 saturated heterocycles. The Morgan fingerprint density at radius 2 is 1.78 bits per heavy atom. The fourth-order valence-electron chi connectivity index (χ4n) is 3.12. The fourth-order valence-corrected chi connectivity index (χ4v) is 3.12. The van der Waals surface area contributed by atoms with Gasteiger partial charge in [0.2, 0.25) is 0 Å². The van der Waals surface area contributed by atoms with E-state index >= 15 is 0 Å². The second-order valence-electron chi connectivity index (χ2n) is 6.49. The summed E-state index contributed by atoms with van der Waals surface area (Å²) in [5.41, 5.74) is 0.264. The molecule has 27 heavy (non-hydrogen) atoms. The molecule has 1 fully saturated rings. The number of halogens is 1. The summed E-state index contributed by atoms with van der Waals surface area (Å²) in [5.74, 6) is -0.329. The van der Waals surface area contributed by atoms with Crippen LogP contribution in [0.1, 0.15) is 25.3 Å². The number of anilines is 2. The number of carbonyl (C=O) groups excluding carboxylic acids is 1.